The molecule has 0 radical (unpaired) electrons. The van der Waals surface area contributed by atoms with Crippen LogP contribution in [0.4, 0.5) is 0 Å². The molecular formula is C21H30N4O2. The van der Waals surface area contributed by atoms with E-state index in [9.17, 15) is 9.59 Å². The predicted molar refractivity (Wildman–Crippen MR) is 101 cm³/mol. The molecule has 0 bridgehead atoms. The highest BCUT2D eigenvalue weighted by molar-refractivity contribution is 5.89. The lowest BCUT2D eigenvalue weighted by atomic mass is 9.75. The lowest BCUT2D eigenvalue weighted by Gasteiger charge is -2.28. The molecule has 6 nitrogen and oxygen atoms in total. The molecule has 146 valence electrons. The van der Waals surface area contributed by atoms with Gasteiger partial charge >= 0.3 is 0 Å². The Kier molecular flexibility index (Phi) is 3.89. The number of rotatable bonds is 5. The molecule has 0 aromatic carbocycles. The fraction of sp³-hybridized carbons (Fsp3) is 0.762. The van der Waals surface area contributed by atoms with E-state index in [4.69, 9.17) is 0 Å². The molecule has 5 rings (SSSR count). The van der Waals surface area contributed by atoms with Crippen molar-refractivity contribution in [2.24, 2.45) is 17.3 Å². The van der Waals surface area contributed by atoms with Gasteiger partial charge in [-0.25, -0.2) is 4.98 Å². The predicted octanol–water partition coefficient (Wildman–Crippen LogP) is 2.43. The van der Waals surface area contributed by atoms with Crippen LogP contribution in [0.2, 0.25) is 0 Å². The molecule has 6 heteroatoms. The van der Waals surface area contributed by atoms with Crippen molar-refractivity contribution in [1.29, 1.82) is 0 Å². The summed E-state index contributed by atoms with van der Waals surface area (Å²) in [6.07, 6.45) is 9.36. The molecule has 1 aromatic heterocycles. The fourth-order valence-corrected chi connectivity index (χ4v) is 4.97. The van der Waals surface area contributed by atoms with Crippen molar-refractivity contribution in [2.45, 2.75) is 57.9 Å². The molecule has 0 N–H and O–H groups in total. The summed E-state index contributed by atoms with van der Waals surface area (Å²) in [5, 5.41) is 0. The van der Waals surface area contributed by atoms with Gasteiger partial charge in [-0.1, -0.05) is 0 Å². The Bertz CT molecular complexity index is 764. The van der Waals surface area contributed by atoms with Crippen molar-refractivity contribution in [3.8, 4) is 0 Å². The lowest BCUT2D eigenvalue weighted by molar-refractivity contribution is -0.137. The number of amides is 2. The number of likely N-dealkylation sites (tertiary alicyclic amines) is 2. The fourth-order valence-electron chi connectivity index (χ4n) is 4.97. The van der Waals surface area contributed by atoms with Gasteiger partial charge in [0.2, 0.25) is 11.8 Å². The minimum atomic E-state index is -0.463. The highest BCUT2D eigenvalue weighted by atomic mass is 16.2. The van der Waals surface area contributed by atoms with Gasteiger partial charge in [-0.05, 0) is 51.9 Å². The molecule has 2 aliphatic carbocycles. The largest absolute Gasteiger partial charge is 0.342 e. The first kappa shape index (κ1) is 17.3. The summed E-state index contributed by atoms with van der Waals surface area (Å²) in [5.41, 5.74) is 0.520. The number of hydrogen-bond acceptors (Lipinski definition) is 3. The molecule has 1 spiro atoms. The highest BCUT2D eigenvalue weighted by Crippen LogP contribution is 2.51. The van der Waals surface area contributed by atoms with Gasteiger partial charge in [0.05, 0.1) is 17.4 Å². The van der Waals surface area contributed by atoms with E-state index in [2.05, 4.69) is 34.5 Å². The first-order chi connectivity index (χ1) is 13.0. The maximum atomic E-state index is 13.5. The van der Waals surface area contributed by atoms with Gasteiger partial charge in [0.25, 0.3) is 0 Å². The summed E-state index contributed by atoms with van der Waals surface area (Å²) in [7, 11) is 0. The van der Waals surface area contributed by atoms with Crippen LogP contribution >= 0.6 is 0 Å². The van der Waals surface area contributed by atoms with E-state index in [-0.39, 0.29) is 23.7 Å². The van der Waals surface area contributed by atoms with E-state index >= 15 is 0 Å². The van der Waals surface area contributed by atoms with Gasteiger partial charge in [0, 0.05) is 50.3 Å². The Morgan fingerprint density at radius 1 is 1.30 bits per heavy atom. The van der Waals surface area contributed by atoms with Crippen LogP contribution < -0.4 is 0 Å². The Morgan fingerprint density at radius 3 is 2.70 bits per heavy atom. The Labute approximate surface area is 160 Å². The third-order valence-electron chi connectivity index (χ3n) is 7.07. The van der Waals surface area contributed by atoms with Gasteiger partial charge in [-0.15, -0.1) is 0 Å². The van der Waals surface area contributed by atoms with Crippen LogP contribution in [-0.2, 0) is 9.59 Å². The lowest BCUT2D eigenvalue weighted by Crippen LogP contribution is -2.41. The van der Waals surface area contributed by atoms with Crippen LogP contribution in [0.1, 0.15) is 63.6 Å². The molecule has 0 unspecified atom stereocenters. The third-order valence-corrected chi connectivity index (χ3v) is 7.07. The molecular weight excluding hydrogens is 340 g/mol. The quantitative estimate of drug-likeness (QED) is 0.800. The number of hydrogen-bond donors (Lipinski definition) is 0. The minimum absolute atomic E-state index is 0.0249. The normalized spacial score (nSPS) is 30.9. The minimum Gasteiger partial charge on any atom is -0.342 e. The zero-order chi connectivity index (χ0) is 18.8. The molecule has 4 aliphatic rings. The van der Waals surface area contributed by atoms with Gasteiger partial charge in [0.1, 0.15) is 0 Å². The van der Waals surface area contributed by atoms with Gasteiger partial charge in [0.15, 0.2) is 0 Å². The standard InChI is InChI=1S/C21H30N4O2/c1-14(2)25-11-18(22-13-25)17-10-24(19(26)16-5-6-16)12-21(17)7-8-23(20(21)27)9-15-3-4-15/h11,13-17H,3-10,12H2,1-2H3/t17-,21+/m1/s1. The van der Waals surface area contributed by atoms with Gasteiger partial charge in [-0.3, -0.25) is 9.59 Å². The maximum absolute atomic E-state index is 13.5. The van der Waals surface area contributed by atoms with Gasteiger partial charge in [-0.2, -0.15) is 0 Å². The zero-order valence-electron chi connectivity index (χ0n) is 16.4. The molecule has 2 saturated heterocycles. The Balaban J connectivity index is 1.45. The SMILES string of the molecule is CC(C)n1cnc([C@H]2CN(C(=O)C3CC3)C[C@@]23CCN(CC2CC2)C3=O)c1. The molecule has 2 amide bonds. The van der Waals surface area contributed by atoms with Crippen LogP contribution in [0.5, 0.6) is 0 Å². The third kappa shape index (κ3) is 2.88. The molecule has 1 aromatic rings. The van der Waals surface area contributed by atoms with E-state index in [0.29, 0.717) is 25.0 Å². The van der Waals surface area contributed by atoms with Crippen LogP contribution in [0.3, 0.4) is 0 Å². The van der Waals surface area contributed by atoms with Crippen LogP contribution in [0.25, 0.3) is 0 Å². The van der Waals surface area contributed by atoms with Crippen molar-refractivity contribution in [3.63, 3.8) is 0 Å². The van der Waals surface area contributed by atoms with E-state index in [1.807, 2.05) is 11.2 Å². The smallest absolute Gasteiger partial charge is 0.231 e. The topological polar surface area (TPSA) is 58.4 Å². The number of imidazole rings is 1. The highest BCUT2D eigenvalue weighted by Gasteiger charge is 2.59. The summed E-state index contributed by atoms with van der Waals surface area (Å²) in [6, 6.07) is 0.346. The first-order valence-corrected chi connectivity index (χ1v) is 10.6. The van der Waals surface area contributed by atoms with Crippen molar-refractivity contribution in [1.82, 2.24) is 19.4 Å². The monoisotopic (exact) mass is 370 g/mol. The van der Waals surface area contributed by atoms with E-state index < -0.39 is 5.41 Å². The van der Waals surface area contributed by atoms with Crippen LogP contribution in [-0.4, -0.2) is 57.3 Å². The number of carbonyl (C=O) groups excluding carboxylic acids is 2. The molecule has 27 heavy (non-hydrogen) atoms. The zero-order valence-corrected chi connectivity index (χ0v) is 16.4. The van der Waals surface area contributed by atoms with E-state index in [0.717, 1.165) is 38.0 Å². The summed E-state index contributed by atoms with van der Waals surface area (Å²) in [6.45, 7) is 7.25. The number of nitrogens with zero attached hydrogens (tertiary/aromatic N) is 4. The van der Waals surface area contributed by atoms with E-state index in [1.54, 1.807) is 0 Å². The van der Waals surface area contributed by atoms with Crippen LogP contribution in [0, 0.1) is 17.3 Å². The van der Waals surface area contributed by atoms with Crippen molar-refractivity contribution in [2.75, 3.05) is 26.2 Å². The average molecular weight is 370 g/mol. The molecule has 2 atom stereocenters. The second-order valence-corrected chi connectivity index (χ2v) is 9.49. The molecule has 4 fully saturated rings. The summed E-state index contributed by atoms with van der Waals surface area (Å²) < 4.78 is 2.11. The molecule has 2 aliphatic heterocycles. The maximum Gasteiger partial charge on any atom is 0.231 e. The van der Waals surface area contributed by atoms with Crippen LogP contribution in [0.15, 0.2) is 12.5 Å². The Hall–Kier alpha value is -1.85. The Morgan fingerprint density at radius 2 is 2.07 bits per heavy atom. The second kappa shape index (κ2) is 6.08. The number of carbonyl (C=O) groups is 2. The average Bonchev–Trinajstić information content (AvgIpc) is 3.55. The van der Waals surface area contributed by atoms with Crippen molar-refractivity contribution >= 4 is 11.8 Å². The van der Waals surface area contributed by atoms with E-state index in [1.165, 1.54) is 12.8 Å². The molecule has 3 heterocycles. The van der Waals surface area contributed by atoms with Crippen molar-refractivity contribution < 1.29 is 9.59 Å². The van der Waals surface area contributed by atoms with Crippen molar-refractivity contribution in [3.05, 3.63) is 18.2 Å². The summed E-state index contributed by atoms with van der Waals surface area (Å²) in [5.74, 6) is 1.46. The number of aromatic nitrogens is 2. The summed E-state index contributed by atoms with van der Waals surface area (Å²) >= 11 is 0. The first-order valence-electron chi connectivity index (χ1n) is 10.6. The molecule has 2 saturated carbocycles. The second-order valence-electron chi connectivity index (χ2n) is 9.49. The summed E-state index contributed by atoms with van der Waals surface area (Å²) in [4.78, 5) is 35.1. The van der Waals surface area contributed by atoms with Gasteiger partial charge < -0.3 is 14.4 Å².